The zero-order valence-corrected chi connectivity index (χ0v) is 15.1. The van der Waals surface area contributed by atoms with Gasteiger partial charge in [0.2, 0.25) is 0 Å². The molecule has 0 amide bonds. The maximum atomic E-state index is 13.0. The van der Waals surface area contributed by atoms with Crippen LogP contribution in [0.15, 0.2) is 67.1 Å². The van der Waals surface area contributed by atoms with E-state index in [9.17, 15) is 4.39 Å². The Morgan fingerprint density at radius 3 is 2.44 bits per heavy atom. The molecule has 3 heterocycles. The number of hydrogen-bond acceptors (Lipinski definition) is 4. The van der Waals surface area contributed by atoms with Crippen LogP contribution in [0.2, 0.25) is 0 Å². The van der Waals surface area contributed by atoms with Crippen LogP contribution >= 0.6 is 0 Å². The van der Waals surface area contributed by atoms with E-state index in [1.54, 1.807) is 18.6 Å². The molecule has 0 saturated carbocycles. The molecule has 3 aromatic rings. The summed E-state index contributed by atoms with van der Waals surface area (Å²) in [6.07, 6.45) is 7.43. The van der Waals surface area contributed by atoms with Crippen LogP contribution in [0.4, 0.5) is 4.39 Å². The van der Waals surface area contributed by atoms with Gasteiger partial charge in [-0.25, -0.2) is 4.39 Å². The Hall–Kier alpha value is -2.79. The molecule has 2 aromatic heterocycles. The summed E-state index contributed by atoms with van der Waals surface area (Å²) >= 11 is 0. The number of pyridine rings is 2. The fourth-order valence-corrected chi connectivity index (χ4v) is 3.43. The number of piperidine rings is 1. The standard InChI is InChI=1S/C22H22FN3O/c23-19-5-3-17(4-6-19)16-26-14-9-20(10-15-26)27-21-2-1-11-25-22(21)18-7-12-24-13-8-18/h1-8,11-13,20H,9-10,14-16H2. The van der Waals surface area contributed by atoms with Gasteiger partial charge < -0.3 is 4.74 Å². The first-order valence-electron chi connectivity index (χ1n) is 9.27. The van der Waals surface area contributed by atoms with Crippen molar-refractivity contribution in [2.75, 3.05) is 13.1 Å². The van der Waals surface area contributed by atoms with Crippen molar-refractivity contribution in [1.82, 2.24) is 14.9 Å². The van der Waals surface area contributed by atoms with Crippen LogP contribution in [0.25, 0.3) is 11.3 Å². The molecular weight excluding hydrogens is 341 g/mol. The van der Waals surface area contributed by atoms with E-state index in [1.807, 2.05) is 36.4 Å². The predicted octanol–water partition coefficient (Wildman–Crippen LogP) is 4.33. The van der Waals surface area contributed by atoms with E-state index in [1.165, 1.54) is 12.1 Å². The van der Waals surface area contributed by atoms with Gasteiger partial charge in [-0.2, -0.15) is 0 Å². The van der Waals surface area contributed by atoms with Crippen LogP contribution in [-0.2, 0) is 6.54 Å². The lowest BCUT2D eigenvalue weighted by Crippen LogP contribution is -2.37. The molecule has 5 heteroatoms. The summed E-state index contributed by atoms with van der Waals surface area (Å²) in [6.45, 7) is 2.78. The van der Waals surface area contributed by atoms with E-state index in [-0.39, 0.29) is 11.9 Å². The minimum Gasteiger partial charge on any atom is -0.488 e. The number of hydrogen-bond donors (Lipinski definition) is 0. The van der Waals surface area contributed by atoms with E-state index in [4.69, 9.17) is 4.74 Å². The van der Waals surface area contributed by atoms with E-state index in [0.29, 0.717) is 0 Å². The normalized spacial score (nSPS) is 15.6. The van der Waals surface area contributed by atoms with Gasteiger partial charge in [0, 0.05) is 43.8 Å². The summed E-state index contributed by atoms with van der Waals surface area (Å²) in [7, 11) is 0. The van der Waals surface area contributed by atoms with Crippen molar-refractivity contribution >= 4 is 0 Å². The third kappa shape index (κ3) is 4.49. The molecule has 0 N–H and O–H groups in total. The Morgan fingerprint density at radius 1 is 0.963 bits per heavy atom. The second-order valence-electron chi connectivity index (χ2n) is 6.81. The predicted molar refractivity (Wildman–Crippen MR) is 103 cm³/mol. The van der Waals surface area contributed by atoms with Crippen molar-refractivity contribution in [3.63, 3.8) is 0 Å². The van der Waals surface area contributed by atoms with E-state index in [0.717, 1.165) is 55.0 Å². The van der Waals surface area contributed by atoms with Gasteiger partial charge >= 0.3 is 0 Å². The van der Waals surface area contributed by atoms with Gasteiger partial charge in [-0.05, 0) is 54.8 Å². The zero-order valence-electron chi connectivity index (χ0n) is 15.1. The van der Waals surface area contributed by atoms with E-state index in [2.05, 4.69) is 14.9 Å². The highest BCUT2D eigenvalue weighted by atomic mass is 19.1. The van der Waals surface area contributed by atoms with Crippen LogP contribution in [0.1, 0.15) is 18.4 Å². The van der Waals surface area contributed by atoms with Gasteiger partial charge in [-0.3, -0.25) is 14.9 Å². The lowest BCUT2D eigenvalue weighted by Gasteiger charge is -2.32. The number of ether oxygens (including phenoxy) is 1. The quantitative estimate of drug-likeness (QED) is 0.676. The van der Waals surface area contributed by atoms with Crippen LogP contribution < -0.4 is 4.74 Å². The fraction of sp³-hybridized carbons (Fsp3) is 0.273. The lowest BCUT2D eigenvalue weighted by molar-refractivity contribution is 0.0970. The molecule has 138 valence electrons. The van der Waals surface area contributed by atoms with Crippen molar-refractivity contribution in [2.45, 2.75) is 25.5 Å². The van der Waals surface area contributed by atoms with E-state index < -0.39 is 0 Å². The second kappa shape index (κ2) is 8.27. The first-order chi connectivity index (χ1) is 13.3. The fourth-order valence-electron chi connectivity index (χ4n) is 3.43. The lowest BCUT2D eigenvalue weighted by atomic mass is 10.1. The third-order valence-corrected chi connectivity index (χ3v) is 4.87. The summed E-state index contributed by atoms with van der Waals surface area (Å²) < 4.78 is 19.3. The highest BCUT2D eigenvalue weighted by Gasteiger charge is 2.22. The molecule has 0 unspecified atom stereocenters. The molecular formula is C22H22FN3O. The summed E-state index contributed by atoms with van der Waals surface area (Å²) in [5, 5.41) is 0. The summed E-state index contributed by atoms with van der Waals surface area (Å²) in [5.41, 5.74) is 3.01. The first-order valence-corrected chi connectivity index (χ1v) is 9.27. The minimum absolute atomic E-state index is 0.180. The topological polar surface area (TPSA) is 38.2 Å². The van der Waals surface area contributed by atoms with Crippen LogP contribution in [0, 0.1) is 5.82 Å². The van der Waals surface area contributed by atoms with Gasteiger partial charge in [0.25, 0.3) is 0 Å². The summed E-state index contributed by atoms with van der Waals surface area (Å²) in [5.74, 6) is 0.632. The smallest absolute Gasteiger partial charge is 0.145 e. The van der Waals surface area contributed by atoms with Crippen LogP contribution in [0.5, 0.6) is 5.75 Å². The molecule has 4 nitrogen and oxygen atoms in total. The average molecular weight is 363 g/mol. The number of likely N-dealkylation sites (tertiary alicyclic amines) is 1. The van der Waals surface area contributed by atoms with Gasteiger partial charge in [0.15, 0.2) is 0 Å². The molecule has 1 aliphatic heterocycles. The number of nitrogens with zero attached hydrogens (tertiary/aromatic N) is 3. The van der Waals surface area contributed by atoms with E-state index >= 15 is 0 Å². The molecule has 0 spiro atoms. The molecule has 0 aliphatic carbocycles. The number of rotatable bonds is 5. The van der Waals surface area contributed by atoms with Crippen molar-refractivity contribution in [3.8, 4) is 17.0 Å². The molecule has 1 saturated heterocycles. The zero-order chi connectivity index (χ0) is 18.5. The monoisotopic (exact) mass is 363 g/mol. The van der Waals surface area contributed by atoms with Gasteiger partial charge in [-0.1, -0.05) is 12.1 Å². The van der Waals surface area contributed by atoms with Crippen LogP contribution in [0.3, 0.4) is 0 Å². The Balaban J connectivity index is 1.37. The van der Waals surface area contributed by atoms with Gasteiger partial charge in [-0.15, -0.1) is 0 Å². The van der Waals surface area contributed by atoms with Crippen molar-refractivity contribution in [2.24, 2.45) is 0 Å². The highest BCUT2D eigenvalue weighted by molar-refractivity contribution is 5.65. The molecule has 1 fully saturated rings. The third-order valence-electron chi connectivity index (χ3n) is 4.87. The van der Waals surface area contributed by atoms with Crippen molar-refractivity contribution in [3.05, 3.63) is 78.5 Å². The summed E-state index contributed by atoms with van der Waals surface area (Å²) in [6, 6.07) is 14.5. The average Bonchev–Trinajstić information content (AvgIpc) is 2.72. The van der Waals surface area contributed by atoms with Gasteiger partial charge in [0.1, 0.15) is 23.4 Å². The van der Waals surface area contributed by atoms with Gasteiger partial charge in [0.05, 0.1) is 0 Å². The molecule has 1 aromatic carbocycles. The Bertz CT molecular complexity index is 862. The molecule has 27 heavy (non-hydrogen) atoms. The SMILES string of the molecule is Fc1ccc(CN2CCC(Oc3cccnc3-c3ccncc3)CC2)cc1. The minimum atomic E-state index is -0.188. The van der Waals surface area contributed by atoms with Crippen LogP contribution in [-0.4, -0.2) is 34.1 Å². The molecule has 0 radical (unpaired) electrons. The number of halogens is 1. The maximum Gasteiger partial charge on any atom is 0.145 e. The Labute approximate surface area is 158 Å². The molecule has 4 rings (SSSR count). The van der Waals surface area contributed by atoms with Crippen molar-refractivity contribution < 1.29 is 9.13 Å². The molecule has 1 aliphatic rings. The molecule has 0 bridgehead atoms. The van der Waals surface area contributed by atoms with Crippen molar-refractivity contribution in [1.29, 1.82) is 0 Å². The Morgan fingerprint density at radius 2 is 1.70 bits per heavy atom. The first kappa shape index (κ1) is 17.6. The molecule has 0 atom stereocenters. The number of benzene rings is 1. The highest BCUT2D eigenvalue weighted by Crippen LogP contribution is 2.29. The number of aromatic nitrogens is 2. The largest absolute Gasteiger partial charge is 0.488 e. The second-order valence-corrected chi connectivity index (χ2v) is 6.81. The maximum absolute atomic E-state index is 13.0. The Kier molecular flexibility index (Phi) is 5.39. The summed E-state index contributed by atoms with van der Waals surface area (Å²) in [4.78, 5) is 11.0.